The Labute approximate surface area is 125 Å². The predicted molar refractivity (Wildman–Crippen MR) is 84.3 cm³/mol. The standard InChI is InChI=1S/C17H21N3O/c1-20(14-6-4-11-18-12-10-14)17(21)16-9-8-13-5-2-3-7-15(13)19-16/h2-3,5,7-9,14,18H,4,6,10-12H2,1H3. The van der Waals surface area contributed by atoms with Crippen molar-refractivity contribution in [2.75, 3.05) is 20.1 Å². The molecular formula is C17H21N3O. The molecule has 1 unspecified atom stereocenters. The normalized spacial score (nSPS) is 19.2. The van der Waals surface area contributed by atoms with E-state index >= 15 is 0 Å². The maximum Gasteiger partial charge on any atom is 0.272 e. The Hall–Kier alpha value is -1.94. The quantitative estimate of drug-likeness (QED) is 0.921. The van der Waals surface area contributed by atoms with E-state index in [9.17, 15) is 4.79 Å². The highest BCUT2D eigenvalue weighted by Crippen LogP contribution is 2.17. The largest absolute Gasteiger partial charge is 0.337 e. The minimum absolute atomic E-state index is 0.0210. The molecule has 0 saturated carbocycles. The Kier molecular flexibility index (Phi) is 4.15. The topological polar surface area (TPSA) is 45.2 Å². The molecule has 2 heterocycles. The molecule has 0 radical (unpaired) electrons. The average molecular weight is 283 g/mol. The van der Waals surface area contributed by atoms with Crippen LogP contribution >= 0.6 is 0 Å². The minimum atomic E-state index is 0.0210. The van der Waals surface area contributed by atoms with Crippen LogP contribution in [0.25, 0.3) is 10.9 Å². The van der Waals surface area contributed by atoms with Gasteiger partial charge in [0.05, 0.1) is 5.52 Å². The number of rotatable bonds is 2. The van der Waals surface area contributed by atoms with Crippen molar-refractivity contribution < 1.29 is 4.79 Å². The molecule has 110 valence electrons. The van der Waals surface area contributed by atoms with Crippen molar-refractivity contribution in [2.45, 2.75) is 25.3 Å². The molecule has 1 aliphatic rings. The van der Waals surface area contributed by atoms with Crippen molar-refractivity contribution in [3.63, 3.8) is 0 Å². The summed E-state index contributed by atoms with van der Waals surface area (Å²) in [5.41, 5.74) is 1.41. The molecule has 1 amide bonds. The summed E-state index contributed by atoms with van der Waals surface area (Å²) in [5.74, 6) is 0.0210. The van der Waals surface area contributed by atoms with Crippen molar-refractivity contribution in [1.82, 2.24) is 15.2 Å². The zero-order valence-electron chi connectivity index (χ0n) is 12.4. The molecule has 0 bridgehead atoms. The fourth-order valence-electron chi connectivity index (χ4n) is 2.92. The minimum Gasteiger partial charge on any atom is -0.337 e. The van der Waals surface area contributed by atoms with Gasteiger partial charge >= 0.3 is 0 Å². The Balaban J connectivity index is 1.81. The number of pyridine rings is 1. The third kappa shape index (κ3) is 3.05. The molecule has 1 aromatic carbocycles. The molecule has 4 heteroatoms. The van der Waals surface area contributed by atoms with Crippen molar-refractivity contribution >= 4 is 16.8 Å². The third-order valence-corrected chi connectivity index (χ3v) is 4.23. The first-order valence-electron chi connectivity index (χ1n) is 7.59. The fourth-order valence-corrected chi connectivity index (χ4v) is 2.92. The van der Waals surface area contributed by atoms with Crippen molar-refractivity contribution in [1.29, 1.82) is 0 Å². The molecule has 2 aromatic rings. The van der Waals surface area contributed by atoms with Gasteiger partial charge in [-0.05, 0) is 44.5 Å². The highest BCUT2D eigenvalue weighted by molar-refractivity contribution is 5.94. The van der Waals surface area contributed by atoms with E-state index in [0.29, 0.717) is 11.7 Å². The lowest BCUT2D eigenvalue weighted by atomic mass is 10.1. The van der Waals surface area contributed by atoms with Crippen LogP contribution in [0.4, 0.5) is 0 Å². The molecule has 1 saturated heterocycles. The second kappa shape index (κ2) is 6.22. The summed E-state index contributed by atoms with van der Waals surface area (Å²) >= 11 is 0. The van der Waals surface area contributed by atoms with Gasteiger partial charge in [-0.3, -0.25) is 4.79 Å². The molecule has 21 heavy (non-hydrogen) atoms. The first-order valence-corrected chi connectivity index (χ1v) is 7.59. The van der Waals surface area contributed by atoms with Crippen LogP contribution in [0.5, 0.6) is 0 Å². The van der Waals surface area contributed by atoms with Gasteiger partial charge in [0, 0.05) is 18.5 Å². The monoisotopic (exact) mass is 283 g/mol. The summed E-state index contributed by atoms with van der Waals surface area (Å²) in [6, 6.07) is 12.0. The van der Waals surface area contributed by atoms with Crippen molar-refractivity contribution in [2.24, 2.45) is 0 Å². The highest BCUT2D eigenvalue weighted by atomic mass is 16.2. The van der Waals surface area contributed by atoms with E-state index in [1.54, 1.807) is 0 Å². The first kappa shape index (κ1) is 14.0. The van der Waals surface area contributed by atoms with Gasteiger partial charge in [0.2, 0.25) is 0 Å². The SMILES string of the molecule is CN(C(=O)c1ccc2ccccc2n1)C1CCCNCC1. The van der Waals surface area contributed by atoms with Crippen LogP contribution in [0.2, 0.25) is 0 Å². The van der Waals surface area contributed by atoms with Gasteiger partial charge in [0.1, 0.15) is 5.69 Å². The van der Waals surface area contributed by atoms with Gasteiger partial charge in [0.25, 0.3) is 5.91 Å². The number of carbonyl (C=O) groups is 1. The van der Waals surface area contributed by atoms with Crippen LogP contribution in [0.15, 0.2) is 36.4 Å². The van der Waals surface area contributed by atoms with Crippen LogP contribution in [0.3, 0.4) is 0 Å². The lowest BCUT2D eigenvalue weighted by Crippen LogP contribution is -2.38. The number of carbonyl (C=O) groups excluding carboxylic acids is 1. The molecule has 0 spiro atoms. The molecule has 1 aromatic heterocycles. The maximum absolute atomic E-state index is 12.6. The summed E-state index contributed by atoms with van der Waals surface area (Å²) in [7, 11) is 1.90. The number of benzene rings is 1. The van der Waals surface area contributed by atoms with Gasteiger partial charge in [-0.15, -0.1) is 0 Å². The molecule has 1 fully saturated rings. The van der Waals surface area contributed by atoms with E-state index in [2.05, 4.69) is 10.3 Å². The third-order valence-electron chi connectivity index (χ3n) is 4.23. The van der Waals surface area contributed by atoms with E-state index in [4.69, 9.17) is 0 Å². The van der Waals surface area contributed by atoms with Gasteiger partial charge in [-0.25, -0.2) is 4.98 Å². The number of amides is 1. The Morgan fingerprint density at radius 3 is 2.95 bits per heavy atom. The Bertz CT molecular complexity index is 633. The number of nitrogens with zero attached hydrogens (tertiary/aromatic N) is 2. The van der Waals surface area contributed by atoms with Crippen LogP contribution in [0.1, 0.15) is 29.8 Å². The second-order valence-corrected chi connectivity index (χ2v) is 5.64. The smallest absolute Gasteiger partial charge is 0.272 e. The molecule has 1 aliphatic heterocycles. The molecular weight excluding hydrogens is 262 g/mol. The molecule has 4 nitrogen and oxygen atoms in total. The molecule has 0 aliphatic carbocycles. The number of para-hydroxylation sites is 1. The van der Waals surface area contributed by atoms with E-state index in [0.717, 1.165) is 43.3 Å². The van der Waals surface area contributed by atoms with Crippen LogP contribution in [-0.2, 0) is 0 Å². The van der Waals surface area contributed by atoms with E-state index in [-0.39, 0.29) is 5.91 Å². The zero-order chi connectivity index (χ0) is 14.7. The van der Waals surface area contributed by atoms with Gasteiger partial charge in [-0.2, -0.15) is 0 Å². The highest BCUT2D eigenvalue weighted by Gasteiger charge is 2.22. The lowest BCUT2D eigenvalue weighted by molar-refractivity contribution is 0.0715. The number of hydrogen-bond donors (Lipinski definition) is 1. The second-order valence-electron chi connectivity index (χ2n) is 5.64. The summed E-state index contributed by atoms with van der Waals surface area (Å²) < 4.78 is 0. The van der Waals surface area contributed by atoms with E-state index in [1.807, 2.05) is 48.3 Å². The first-order chi connectivity index (χ1) is 10.3. The Morgan fingerprint density at radius 1 is 1.19 bits per heavy atom. The number of aromatic nitrogens is 1. The molecule has 3 rings (SSSR count). The van der Waals surface area contributed by atoms with E-state index in [1.165, 1.54) is 0 Å². The summed E-state index contributed by atoms with van der Waals surface area (Å²) in [5, 5.41) is 4.45. The van der Waals surface area contributed by atoms with Crippen LogP contribution in [-0.4, -0.2) is 42.0 Å². The number of hydrogen-bond acceptors (Lipinski definition) is 3. The van der Waals surface area contributed by atoms with Gasteiger partial charge in [0.15, 0.2) is 0 Å². The molecule has 1 atom stereocenters. The maximum atomic E-state index is 12.6. The predicted octanol–water partition coefficient (Wildman–Crippen LogP) is 2.45. The van der Waals surface area contributed by atoms with Crippen molar-refractivity contribution in [3.8, 4) is 0 Å². The summed E-state index contributed by atoms with van der Waals surface area (Å²) in [6.07, 6.45) is 3.19. The summed E-state index contributed by atoms with van der Waals surface area (Å²) in [6.45, 7) is 2.03. The zero-order valence-corrected chi connectivity index (χ0v) is 12.4. The van der Waals surface area contributed by atoms with Gasteiger partial charge in [-0.1, -0.05) is 24.3 Å². The van der Waals surface area contributed by atoms with Crippen LogP contribution < -0.4 is 5.32 Å². The lowest BCUT2D eigenvalue weighted by Gasteiger charge is -2.26. The van der Waals surface area contributed by atoms with Gasteiger partial charge < -0.3 is 10.2 Å². The number of nitrogens with one attached hydrogen (secondary N) is 1. The van der Waals surface area contributed by atoms with Crippen LogP contribution in [0, 0.1) is 0 Å². The van der Waals surface area contributed by atoms with E-state index < -0.39 is 0 Å². The van der Waals surface area contributed by atoms with Crippen molar-refractivity contribution in [3.05, 3.63) is 42.1 Å². The molecule has 1 N–H and O–H groups in total. The average Bonchev–Trinajstić information content (AvgIpc) is 2.82. The summed E-state index contributed by atoms with van der Waals surface area (Å²) in [4.78, 5) is 19.0. The number of fused-ring (bicyclic) bond motifs is 1. The Morgan fingerprint density at radius 2 is 2.05 bits per heavy atom. The fraction of sp³-hybridized carbons (Fsp3) is 0.412.